The molecule has 0 aliphatic carbocycles. The molecule has 1 amide bonds. The van der Waals surface area contributed by atoms with Crippen molar-refractivity contribution >= 4 is 77.8 Å². The fraction of sp³-hybridized carbons (Fsp3) is 0.120. The van der Waals surface area contributed by atoms with Crippen LogP contribution >= 0.6 is 39.1 Å². The van der Waals surface area contributed by atoms with Crippen LogP contribution < -0.4 is 10.0 Å². The number of sulfonamides is 1. The number of para-hydroxylation sites is 1. The summed E-state index contributed by atoms with van der Waals surface area (Å²) in [5.41, 5.74) is 0.575. The molecule has 39 heavy (non-hydrogen) atoms. The third kappa shape index (κ3) is 6.47. The van der Waals surface area contributed by atoms with Crippen LogP contribution in [-0.2, 0) is 26.0 Å². The van der Waals surface area contributed by atoms with Crippen molar-refractivity contribution in [2.75, 3.05) is 11.8 Å². The number of fused-ring (bicyclic) bond motifs is 1. The first-order valence-corrected chi connectivity index (χ1v) is 14.1. The molecule has 1 atom stereocenters. The predicted molar refractivity (Wildman–Crippen MR) is 148 cm³/mol. The van der Waals surface area contributed by atoms with E-state index < -0.39 is 33.8 Å². The lowest BCUT2D eigenvalue weighted by molar-refractivity contribution is -0.142. The van der Waals surface area contributed by atoms with Gasteiger partial charge in [0.05, 0.1) is 38.4 Å². The average molecular weight is 656 g/mol. The number of nitrogens with one attached hydrogen (secondary N) is 2. The Hall–Kier alpha value is -3.32. The smallest absolute Gasteiger partial charge is 0.328 e. The summed E-state index contributed by atoms with van der Waals surface area (Å²) in [4.78, 5) is 33.9. The van der Waals surface area contributed by atoms with Gasteiger partial charge in [-0.2, -0.15) is 0 Å². The van der Waals surface area contributed by atoms with Crippen molar-refractivity contribution < 1.29 is 27.1 Å². The molecule has 9 nitrogen and oxygen atoms in total. The fourth-order valence-corrected chi connectivity index (χ4v) is 5.67. The van der Waals surface area contributed by atoms with Gasteiger partial charge in [0.1, 0.15) is 22.3 Å². The van der Waals surface area contributed by atoms with Crippen molar-refractivity contribution in [1.29, 1.82) is 0 Å². The number of aromatic nitrogens is 2. The van der Waals surface area contributed by atoms with Crippen molar-refractivity contribution in [3.63, 3.8) is 0 Å². The lowest BCUT2D eigenvalue weighted by Crippen LogP contribution is -2.43. The van der Waals surface area contributed by atoms with Crippen LogP contribution in [0.4, 0.5) is 10.1 Å². The number of amides is 1. The van der Waals surface area contributed by atoms with Gasteiger partial charge in [-0.3, -0.25) is 19.5 Å². The number of methoxy groups -OCH3 is 1. The highest BCUT2D eigenvalue weighted by Crippen LogP contribution is 2.32. The Morgan fingerprint density at radius 2 is 1.79 bits per heavy atom. The molecule has 4 rings (SSSR count). The number of halogens is 4. The van der Waals surface area contributed by atoms with Gasteiger partial charge in [-0.05, 0) is 57.9 Å². The standard InChI is InChI=1S/C25H18BrCl2FN4O5S/c1-38-25(35)21(10-13-5-6-18(29)15(26)9-13)32-24(34)14-11-16(27)17(28)12-20(14)33-39(36,37)22-4-2-3-19-23(22)31-8-7-30-19/h2-9,11-12,21,33H,10H2,1H3,(H,32,34)/t21-/m0/s1. The van der Waals surface area contributed by atoms with Gasteiger partial charge in [0, 0.05) is 18.8 Å². The van der Waals surface area contributed by atoms with E-state index in [1.54, 1.807) is 6.07 Å². The van der Waals surface area contributed by atoms with Crippen LogP contribution in [0.1, 0.15) is 15.9 Å². The predicted octanol–water partition coefficient (Wildman–Crippen LogP) is 5.15. The van der Waals surface area contributed by atoms with E-state index in [4.69, 9.17) is 27.9 Å². The van der Waals surface area contributed by atoms with Gasteiger partial charge in [-0.15, -0.1) is 0 Å². The van der Waals surface area contributed by atoms with Crippen molar-refractivity contribution in [2.24, 2.45) is 0 Å². The van der Waals surface area contributed by atoms with E-state index in [2.05, 4.69) is 35.9 Å². The second kappa shape index (κ2) is 11.8. The lowest BCUT2D eigenvalue weighted by atomic mass is 10.0. The number of rotatable bonds is 8. The molecule has 202 valence electrons. The summed E-state index contributed by atoms with van der Waals surface area (Å²) in [6.07, 6.45) is 2.73. The number of carbonyl (C=O) groups excluding carboxylic acids is 2. The fourth-order valence-electron chi connectivity index (χ4n) is 3.68. The summed E-state index contributed by atoms with van der Waals surface area (Å²) in [6, 6.07) is 9.71. The maximum Gasteiger partial charge on any atom is 0.328 e. The number of benzene rings is 3. The summed E-state index contributed by atoms with van der Waals surface area (Å²) in [7, 11) is -3.15. The molecule has 1 heterocycles. The van der Waals surface area contributed by atoms with Gasteiger partial charge >= 0.3 is 5.97 Å². The Morgan fingerprint density at radius 3 is 2.51 bits per heavy atom. The molecule has 0 saturated heterocycles. The number of carbonyl (C=O) groups is 2. The first-order chi connectivity index (χ1) is 18.5. The zero-order valence-corrected chi connectivity index (χ0v) is 23.8. The molecule has 1 aromatic heterocycles. The topological polar surface area (TPSA) is 127 Å². The summed E-state index contributed by atoms with van der Waals surface area (Å²) >= 11 is 15.4. The van der Waals surface area contributed by atoms with Gasteiger partial charge < -0.3 is 10.1 Å². The Bertz CT molecular complexity index is 1700. The van der Waals surface area contributed by atoms with Crippen molar-refractivity contribution in [3.8, 4) is 0 Å². The minimum atomic E-state index is -4.30. The highest BCUT2D eigenvalue weighted by Gasteiger charge is 2.27. The van der Waals surface area contributed by atoms with E-state index in [9.17, 15) is 22.4 Å². The number of anilines is 1. The van der Waals surface area contributed by atoms with Crippen molar-refractivity contribution in [2.45, 2.75) is 17.4 Å². The molecule has 14 heteroatoms. The van der Waals surface area contributed by atoms with Crippen LogP contribution in [-0.4, -0.2) is 43.4 Å². The molecule has 0 radical (unpaired) electrons. The molecule has 0 fully saturated rings. The van der Waals surface area contributed by atoms with Crippen molar-refractivity contribution in [1.82, 2.24) is 15.3 Å². The highest BCUT2D eigenvalue weighted by atomic mass is 79.9. The Labute approximate surface area is 240 Å². The van der Waals surface area contributed by atoms with E-state index in [1.807, 2.05) is 0 Å². The molecule has 2 N–H and O–H groups in total. The SMILES string of the molecule is COC(=O)[C@H](Cc1ccc(F)c(Br)c1)NC(=O)c1cc(Cl)c(Cl)cc1NS(=O)(=O)c1cccc2nccnc12. The molecular formula is C25H18BrCl2FN4O5S. The Balaban J connectivity index is 1.68. The lowest BCUT2D eigenvalue weighted by Gasteiger charge is -2.19. The summed E-state index contributed by atoms with van der Waals surface area (Å²) < 4.78 is 47.7. The Morgan fingerprint density at radius 1 is 1.08 bits per heavy atom. The van der Waals surface area contributed by atoms with E-state index >= 15 is 0 Å². The molecule has 4 aromatic rings. The summed E-state index contributed by atoms with van der Waals surface area (Å²) in [6.45, 7) is 0. The van der Waals surface area contributed by atoms with E-state index in [0.29, 0.717) is 11.1 Å². The van der Waals surface area contributed by atoms with E-state index in [-0.39, 0.29) is 42.6 Å². The maximum absolute atomic E-state index is 13.7. The van der Waals surface area contributed by atoms with Crippen LogP contribution in [0.25, 0.3) is 11.0 Å². The zero-order chi connectivity index (χ0) is 28.3. The van der Waals surface area contributed by atoms with Gasteiger partial charge in [0.2, 0.25) is 0 Å². The minimum absolute atomic E-state index is 0.0238. The molecule has 0 aliphatic heterocycles. The van der Waals surface area contributed by atoms with Gasteiger partial charge in [0.15, 0.2) is 0 Å². The third-order valence-corrected chi connectivity index (χ3v) is 8.24. The van der Waals surface area contributed by atoms with Crippen molar-refractivity contribution in [3.05, 3.63) is 92.4 Å². The first kappa shape index (κ1) is 28.7. The van der Waals surface area contributed by atoms with Crippen LogP contribution in [0, 0.1) is 5.82 Å². The molecule has 3 aromatic carbocycles. The quantitative estimate of drug-likeness (QED) is 0.251. The first-order valence-electron chi connectivity index (χ1n) is 11.0. The molecule has 0 unspecified atom stereocenters. The van der Waals surface area contributed by atoms with E-state index in [1.165, 1.54) is 54.9 Å². The van der Waals surface area contributed by atoms with Gasteiger partial charge in [-0.1, -0.05) is 35.3 Å². The molecule has 0 spiro atoms. The summed E-state index contributed by atoms with van der Waals surface area (Å²) in [5, 5.41) is 2.47. The average Bonchev–Trinajstić information content (AvgIpc) is 2.91. The van der Waals surface area contributed by atoms with Gasteiger partial charge in [-0.25, -0.2) is 17.6 Å². The molecular weight excluding hydrogens is 638 g/mol. The maximum atomic E-state index is 13.7. The zero-order valence-electron chi connectivity index (χ0n) is 19.9. The molecule has 0 aliphatic rings. The molecule has 0 saturated carbocycles. The molecule has 0 bridgehead atoms. The second-order valence-electron chi connectivity index (χ2n) is 8.10. The number of hydrogen-bond acceptors (Lipinski definition) is 7. The second-order valence-corrected chi connectivity index (χ2v) is 11.4. The Kier molecular flexibility index (Phi) is 8.70. The van der Waals surface area contributed by atoms with Crippen LogP contribution in [0.2, 0.25) is 10.0 Å². The van der Waals surface area contributed by atoms with Gasteiger partial charge in [0.25, 0.3) is 15.9 Å². The summed E-state index contributed by atoms with van der Waals surface area (Å²) in [5.74, 6) is -2.12. The van der Waals surface area contributed by atoms with Crippen LogP contribution in [0.15, 0.2) is 70.3 Å². The largest absolute Gasteiger partial charge is 0.467 e. The van der Waals surface area contributed by atoms with E-state index in [0.717, 1.165) is 7.11 Å². The number of ether oxygens (including phenoxy) is 1. The highest BCUT2D eigenvalue weighted by molar-refractivity contribution is 9.10. The number of hydrogen-bond donors (Lipinski definition) is 2. The monoisotopic (exact) mass is 654 g/mol. The third-order valence-electron chi connectivity index (χ3n) is 5.52. The normalized spacial score (nSPS) is 12.1. The van der Waals surface area contributed by atoms with Crippen LogP contribution in [0.3, 0.4) is 0 Å². The minimum Gasteiger partial charge on any atom is -0.467 e. The number of nitrogens with zero attached hydrogens (tertiary/aromatic N) is 2. The number of esters is 1. The van der Waals surface area contributed by atoms with Crippen LogP contribution in [0.5, 0.6) is 0 Å².